The molecule has 4 nitrogen and oxygen atoms in total. The number of rotatable bonds is 9. The lowest BCUT2D eigenvalue weighted by molar-refractivity contribution is 0.300. The van der Waals surface area contributed by atoms with Crippen LogP contribution < -0.4 is 4.90 Å². The summed E-state index contributed by atoms with van der Waals surface area (Å²) < 4.78 is 0. The first-order chi connectivity index (χ1) is 9.67. The molecular weight excluding hydrogens is 272 g/mol. The molecule has 114 valence electrons. The van der Waals surface area contributed by atoms with Gasteiger partial charge in [-0.05, 0) is 39.4 Å². The lowest BCUT2D eigenvalue weighted by Crippen LogP contribution is -2.31. The van der Waals surface area contributed by atoms with Crippen LogP contribution in [-0.2, 0) is 6.42 Å². The standard InChI is InChI=1S/C15H27ClN4/c1-5-13-14(16)17-12-18-15(13)20(8-4)11-9-10-19(6-2)7-3/h12H,5-11H2,1-4H3. The fourth-order valence-corrected chi connectivity index (χ4v) is 2.66. The van der Waals surface area contributed by atoms with Crippen molar-refractivity contribution < 1.29 is 0 Å². The normalized spacial score (nSPS) is 11.1. The smallest absolute Gasteiger partial charge is 0.137 e. The molecule has 0 atom stereocenters. The van der Waals surface area contributed by atoms with Crippen LogP contribution in [0.4, 0.5) is 5.82 Å². The van der Waals surface area contributed by atoms with Gasteiger partial charge in [-0.25, -0.2) is 9.97 Å². The maximum absolute atomic E-state index is 6.17. The quantitative estimate of drug-likeness (QED) is 0.655. The molecule has 0 aromatic carbocycles. The lowest BCUT2D eigenvalue weighted by Gasteiger charge is -2.26. The van der Waals surface area contributed by atoms with Crippen molar-refractivity contribution in [3.05, 3.63) is 17.0 Å². The summed E-state index contributed by atoms with van der Waals surface area (Å²) in [6.07, 6.45) is 3.56. The average Bonchev–Trinajstić information content (AvgIpc) is 2.47. The molecule has 0 amide bonds. The number of hydrogen-bond donors (Lipinski definition) is 0. The second-order valence-electron chi connectivity index (χ2n) is 4.78. The number of halogens is 1. The summed E-state index contributed by atoms with van der Waals surface area (Å²) in [5.74, 6) is 0.995. The van der Waals surface area contributed by atoms with Gasteiger partial charge in [-0.3, -0.25) is 0 Å². The molecule has 1 heterocycles. The summed E-state index contributed by atoms with van der Waals surface area (Å²) >= 11 is 6.17. The predicted molar refractivity (Wildman–Crippen MR) is 86.7 cm³/mol. The molecule has 0 aliphatic heterocycles. The van der Waals surface area contributed by atoms with Crippen LogP contribution in [0.5, 0.6) is 0 Å². The average molecular weight is 299 g/mol. The van der Waals surface area contributed by atoms with Crippen molar-refractivity contribution in [1.82, 2.24) is 14.9 Å². The van der Waals surface area contributed by atoms with Crippen molar-refractivity contribution in [3.63, 3.8) is 0 Å². The maximum atomic E-state index is 6.17. The molecule has 0 aliphatic carbocycles. The summed E-state index contributed by atoms with van der Waals surface area (Å²) in [5, 5.41) is 0.583. The minimum atomic E-state index is 0.583. The summed E-state index contributed by atoms with van der Waals surface area (Å²) in [4.78, 5) is 13.3. The largest absolute Gasteiger partial charge is 0.356 e. The van der Waals surface area contributed by atoms with Gasteiger partial charge >= 0.3 is 0 Å². The SMILES string of the molecule is CCc1c(Cl)ncnc1N(CC)CCCN(CC)CC. The van der Waals surface area contributed by atoms with Crippen molar-refractivity contribution in [1.29, 1.82) is 0 Å². The number of hydrogen-bond acceptors (Lipinski definition) is 4. The molecule has 0 unspecified atom stereocenters. The zero-order valence-corrected chi connectivity index (χ0v) is 13.9. The van der Waals surface area contributed by atoms with Crippen molar-refractivity contribution in [2.45, 2.75) is 40.5 Å². The van der Waals surface area contributed by atoms with E-state index in [-0.39, 0.29) is 0 Å². The van der Waals surface area contributed by atoms with Gasteiger partial charge in [-0.2, -0.15) is 0 Å². The van der Waals surface area contributed by atoms with E-state index in [2.05, 4.69) is 47.5 Å². The molecule has 0 fully saturated rings. The second-order valence-corrected chi connectivity index (χ2v) is 5.14. The van der Waals surface area contributed by atoms with Crippen LogP contribution in [0.1, 0.15) is 39.7 Å². The third-order valence-corrected chi connectivity index (χ3v) is 4.03. The third-order valence-electron chi connectivity index (χ3n) is 3.70. The Bertz CT molecular complexity index is 393. The monoisotopic (exact) mass is 298 g/mol. The first-order valence-electron chi connectivity index (χ1n) is 7.64. The van der Waals surface area contributed by atoms with E-state index in [1.54, 1.807) is 6.33 Å². The summed E-state index contributed by atoms with van der Waals surface area (Å²) in [6.45, 7) is 14.0. The molecule has 1 aromatic heterocycles. The molecule has 0 saturated heterocycles. The molecule has 0 bridgehead atoms. The Morgan fingerprint density at radius 1 is 1.00 bits per heavy atom. The second kappa shape index (κ2) is 9.14. The van der Waals surface area contributed by atoms with Gasteiger partial charge in [-0.15, -0.1) is 0 Å². The van der Waals surface area contributed by atoms with Crippen LogP contribution in [0.15, 0.2) is 6.33 Å². The Labute approximate surface area is 128 Å². The van der Waals surface area contributed by atoms with Gasteiger partial charge < -0.3 is 9.80 Å². The van der Waals surface area contributed by atoms with E-state index >= 15 is 0 Å². The van der Waals surface area contributed by atoms with Crippen LogP contribution in [0, 0.1) is 0 Å². The highest BCUT2D eigenvalue weighted by atomic mass is 35.5. The molecule has 0 spiro atoms. The van der Waals surface area contributed by atoms with E-state index in [0.29, 0.717) is 5.15 Å². The van der Waals surface area contributed by atoms with Crippen LogP contribution >= 0.6 is 11.6 Å². The van der Waals surface area contributed by atoms with Gasteiger partial charge in [-0.1, -0.05) is 32.4 Å². The van der Waals surface area contributed by atoms with E-state index in [9.17, 15) is 0 Å². The Morgan fingerprint density at radius 3 is 2.25 bits per heavy atom. The molecule has 0 radical (unpaired) electrons. The first-order valence-corrected chi connectivity index (χ1v) is 8.02. The topological polar surface area (TPSA) is 32.3 Å². The van der Waals surface area contributed by atoms with Crippen LogP contribution in [0.25, 0.3) is 0 Å². The Hall–Kier alpha value is -0.870. The van der Waals surface area contributed by atoms with E-state index in [0.717, 1.165) is 56.9 Å². The summed E-state index contributed by atoms with van der Waals surface area (Å²) in [6, 6.07) is 0. The van der Waals surface area contributed by atoms with E-state index in [4.69, 9.17) is 11.6 Å². The Balaban J connectivity index is 2.69. The molecule has 1 rings (SSSR count). The fraction of sp³-hybridized carbons (Fsp3) is 0.733. The van der Waals surface area contributed by atoms with Crippen molar-refractivity contribution >= 4 is 17.4 Å². The summed E-state index contributed by atoms with van der Waals surface area (Å²) in [5.41, 5.74) is 1.05. The molecule has 0 saturated carbocycles. The van der Waals surface area contributed by atoms with Gasteiger partial charge in [0.15, 0.2) is 0 Å². The predicted octanol–water partition coefficient (Wildman–Crippen LogP) is 3.25. The zero-order valence-electron chi connectivity index (χ0n) is 13.2. The van der Waals surface area contributed by atoms with Gasteiger partial charge in [0.2, 0.25) is 0 Å². The van der Waals surface area contributed by atoms with E-state index in [1.165, 1.54) is 0 Å². The first kappa shape index (κ1) is 17.2. The van der Waals surface area contributed by atoms with E-state index < -0.39 is 0 Å². The summed E-state index contributed by atoms with van der Waals surface area (Å²) in [7, 11) is 0. The van der Waals surface area contributed by atoms with Crippen molar-refractivity contribution in [2.24, 2.45) is 0 Å². The number of nitrogens with zero attached hydrogens (tertiary/aromatic N) is 4. The minimum absolute atomic E-state index is 0.583. The molecule has 0 N–H and O–H groups in total. The molecular formula is C15H27ClN4. The van der Waals surface area contributed by atoms with Crippen molar-refractivity contribution in [3.8, 4) is 0 Å². The highest BCUT2D eigenvalue weighted by Gasteiger charge is 2.14. The lowest BCUT2D eigenvalue weighted by atomic mass is 10.2. The minimum Gasteiger partial charge on any atom is -0.356 e. The van der Waals surface area contributed by atoms with Crippen LogP contribution in [0.2, 0.25) is 5.15 Å². The molecule has 5 heteroatoms. The van der Waals surface area contributed by atoms with Gasteiger partial charge in [0.05, 0.1) is 0 Å². The maximum Gasteiger partial charge on any atom is 0.137 e. The van der Waals surface area contributed by atoms with Crippen molar-refractivity contribution in [2.75, 3.05) is 37.6 Å². The number of aromatic nitrogens is 2. The van der Waals surface area contributed by atoms with Gasteiger partial charge in [0.1, 0.15) is 17.3 Å². The Morgan fingerprint density at radius 2 is 1.70 bits per heavy atom. The van der Waals surface area contributed by atoms with E-state index in [1.807, 2.05) is 0 Å². The van der Waals surface area contributed by atoms with Gasteiger partial charge in [0.25, 0.3) is 0 Å². The molecule has 0 aliphatic rings. The van der Waals surface area contributed by atoms with Crippen LogP contribution in [0.3, 0.4) is 0 Å². The van der Waals surface area contributed by atoms with Crippen LogP contribution in [-0.4, -0.2) is 47.6 Å². The fourth-order valence-electron chi connectivity index (χ4n) is 2.40. The molecule has 20 heavy (non-hydrogen) atoms. The Kier molecular flexibility index (Phi) is 7.85. The molecule has 1 aromatic rings. The third kappa shape index (κ3) is 4.60. The zero-order chi connectivity index (χ0) is 15.0. The highest BCUT2D eigenvalue weighted by Crippen LogP contribution is 2.23. The number of anilines is 1. The van der Waals surface area contributed by atoms with Gasteiger partial charge in [0, 0.05) is 18.7 Å². The highest BCUT2D eigenvalue weighted by molar-refractivity contribution is 6.30.